The molecule has 6 heteroatoms. The van der Waals surface area contributed by atoms with Crippen LogP contribution in [0.4, 0.5) is 8.78 Å². The monoisotopic (exact) mass is 236 g/mol. The third-order valence-corrected chi connectivity index (χ3v) is 2.32. The van der Waals surface area contributed by atoms with Gasteiger partial charge in [-0.05, 0) is 17.7 Å². The second-order valence-corrected chi connectivity index (χ2v) is 3.40. The molecule has 0 aliphatic carbocycles. The third kappa shape index (κ3) is 2.43. The summed E-state index contributed by atoms with van der Waals surface area (Å²) < 4.78 is 25.9. The standard InChI is InChI=1S/C11H10F2N4/c12-8-2-1-7(5-9(8)13)11(17-14)10-6-15-3-4-16-10/h1-6,11,17H,14H2. The molecule has 4 nitrogen and oxygen atoms in total. The molecule has 1 aromatic heterocycles. The molecule has 0 aliphatic rings. The molecule has 1 aromatic carbocycles. The molecule has 0 aliphatic heterocycles. The maximum atomic E-state index is 13.1. The third-order valence-electron chi connectivity index (χ3n) is 2.32. The number of hydrogen-bond donors (Lipinski definition) is 2. The lowest BCUT2D eigenvalue weighted by atomic mass is 10.0. The van der Waals surface area contributed by atoms with E-state index in [2.05, 4.69) is 15.4 Å². The second-order valence-electron chi connectivity index (χ2n) is 3.40. The molecule has 2 rings (SSSR count). The number of aromatic nitrogens is 2. The summed E-state index contributed by atoms with van der Waals surface area (Å²) in [5.41, 5.74) is 3.50. The minimum Gasteiger partial charge on any atom is -0.271 e. The first-order chi connectivity index (χ1) is 8.22. The van der Waals surface area contributed by atoms with Crippen molar-refractivity contribution in [3.8, 4) is 0 Å². The van der Waals surface area contributed by atoms with Crippen molar-refractivity contribution in [2.45, 2.75) is 6.04 Å². The van der Waals surface area contributed by atoms with Gasteiger partial charge in [0.05, 0.1) is 17.9 Å². The maximum Gasteiger partial charge on any atom is 0.159 e. The summed E-state index contributed by atoms with van der Waals surface area (Å²) in [6.45, 7) is 0. The number of benzene rings is 1. The fraction of sp³-hybridized carbons (Fsp3) is 0.0909. The van der Waals surface area contributed by atoms with Gasteiger partial charge in [-0.25, -0.2) is 14.2 Å². The quantitative estimate of drug-likeness (QED) is 0.623. The van der Waals surface area contributed by atoms with Crippen LogP contribution in [0.3, 0.4) is 0 Å². The number of hydrogen-bond acceptors (Lipinski definition) is 4. The van der Waals surface area contributed by atoms with Crippen LogP contribution in [0, 0.1) is 11.6 Å². The Kier molecular flexibility index (Phi) is 3.36. The van der Waals surface area contributed by atoms with E-state index in [1.165, 1.54) is 24.7 Å². The van der Waals surface area contributed by atoms with Crippen LogP contribution in [0.1, 0.15) is 17.3 Å². The van der Waals surface area contributed by atoms with Gasteiger partial charge in [0.25, 0.3) is 0 Å². The van der Waals surface area contributed by atoms with Gasteiger partial charge in [0.2, 0.25) is 0 Å². The van der Waals surface area contributed by atoms with E-state index in [4.69, 9.17) is 5.84 Å². The number of rotatable bonds is 3. The van der Waals surface area contributed by atoms with Crippen LogP contribution >= 0.6 is 0 Å². The molecule has 0 amide bonds. The van der Waals surface area contributed by atoms with Crippen LogP contribution in [0.25, 0.3) is 0 Å². The summed E-state index contributed by atoms with van der Waals surface area (Å²) in [5.74, 6) is 3.57. The normalized spacial score (nSPS) is 12.4. The fourth-order valence-corrected chi connectivity index (χ4v) is 1.50. The summed E-state index contributed by atoms with van der Waals surface area (Å²) in [7, 11) is 0. The van der Waals surface area contributed by atoms with Crippen molar-refractivity contribution in [3.05, 3.63) is 59.7 Å². The Labute approximate surface area is 96.5 Å². The van der Waals surface area contributed by atoms with Gasteiger partial charge < -0.3 is 0 Å². The lowest BCUT2D eigenvalue weighted by molar-refractivity contribution is 0.503. The molecule has 2 aromatic rings. The predicted octanol–water partition coefficient (Wildman–Crippen LogP) is 1.31. The molecule has 0 radical (unpaired) electrons. The lowest BCUT2D eigenvalue weighted by Gasteiger charge is -2.15. The van der Waals surface area contributed by atoms with Gasteiger partial charge in [0.15, 0.2) is 11.6 Å². The van der Waals surface area contributed by atoms with E-state index in [1.807, 2.05) is 0 Å². The SMILES string of the molecule is NNC(c1ccc(F)c(F)c1)c1cnccn1. The Hall–Kier alpha value is -1.92. The molecule has 3 N–H and O–H groups in total. The smallest absolute Gasteiger partial charge is 0.159 e. The molecular weight excluding hydrogens is 226 g/mol. The van der Waals surface area contributed by atoms with Crippen molar-refractivity contribution >= 4 is 0 Å². The van der Waals surface area contributed by atoms with E-state index in [1.54, 1.807) is 0 Å². The molecule has 1 heterocycles. The molecular formula is C11H10F2N4. The van der Waals surface area contributed by atoms with Crippen LogP contribution < -0.4 is 11.3 Å². The molecule has 17 heavy (non-hydrogen) atoms. The topological polar surface area (TPSA) is 63.8 Å². The summed E-state index contributed by atoms with van der Waals surface area (Å²) >= 11 is 0. The van der Waals surface area contributed by atoms with Gasteiger partial charge in [-0.2, -0.15) is 0 Å². The zero-order valence-electron chi connectivity index (χ0n) is 8.77. The highest BCUT2D eigenvalue weighted by Gasteiger charge is 2.15. The second kappa shape index (κ2) is 4.94. The Morgan fingerprint density at radius 2 is 2.00 bits per heavy atom. The minimum atomic E-state index is -0.924. The first kappa shape index (κ1) is 11.6. The Morgan fingerprint density at radius 3 is 2.59 bits per heavy atom. The number of halogens is 2. The molecule has 0 spiro atoms. The Bertz CT molecular complexity index is 504. The van der Waals surface area contributed by atoms with Gasteiger partial charge in [0.1, 0.15) is 0 Å². The number of nitrogens with zero attached hydrogens (tertiary/aromatic N) is 2. The fourth-order valence-electron chi connectivity index (χ4n) is 1.50. The van der Waals surface area contributed by atoms with Gasteiger partial charge in [-0.1, -0.05) is 6.07 Å². The molecule has 0 saturated carbocycles. The van der Waals surface area contributed by atoms with Crippen molar-refractivity contribution in [2.75, 3.05) is 0 Å². The van der Waals surface area contributed by atoms with Crippen LogP contribution in [-0.2, 0) is 0 Å². The van der Waals surface area contributed by atoms with Crippen LogP contribution in [-0.4, -0.2) is 9.97 Å². The van der Waals surface area contributed by atoms with Gasteiger partial charge in [0, 0.05) is 12.4 Å². The van der Waals surface area contributed by atoms with Gasteiger partial charge in [-0.3, -0.25) is 15.8 Å². The van der Waals surface area contributed by atoms with E-state index in [0.717, 1.165) is 12.1 Å². The predicted molar refractivity (Wildman–Crippen MR) is 57.6 cm³/mol. The lowest BCUT2D eigenvalue weighted by Crippen LogP contribution is -2.29. The van der Waals surface area contributed by atoms with Crippen LogP contribution in [0.15, 0.2) is 36.8 Å². The molecule has 0 bridgehead atoms. The van der Waals surface area contributed by atoms with Gasteiger partial charge >= 0.3 is 0 Å². The van der Waals surface area contributed by atoms with Crippen LogP contribution in [0.5, 0.6) is 0 Å². The number of hydrazine groups is 1. The highest BCUT2D eigenvalue weighted by molar-refractivity contribution is 5.27. The van der Waals surface area contributed by atoms with E-state index in [9.17, 15) is 8.78 Å². The van der Waals surface area contributed by atoms with Crippen molar-refractivity contribution in [3.63, 3.8) is 0 Å². The van der Waals surface area contributed by atoms with E-state index >= 15 is 0 Å². The maximum absolute atomic E-state index is 13.1. The van der Waals surface area contributed by atoms with Gasteiger partial charge in [-0.15, -0.1) is 0 Å². The molecule has 0 fully saturated rings. The van der Waals surface area contributed by atoms with Crippen molar-refractivity contribution in [1.29, 1.82) is 0 Å². The minimum absolute atomic E-state index is 0.479. The molecule has 1 atom stereocenters. The zero-order valence-corrected chi connectivity index (χ0v) is 8.77. The summed E-state index contributed by atoms with van der Waals surface area (Å²) in [5, 5.41) is 0. The highest BCUT2D eigenvalue weighted by Crippen LogP contribution is 2.20. The molecule has 88 valence electrons. The Balaban J connectivity index is 2.39. The first-order valence-corrected chi connectivity index (χ1v) is 4.89. The van der Waals surface area contributed by atoms with Crippen LogP contribution in [0.2, 0.25) is 0 Å². The highest BCUT2D eigenvalue weighted by atomic mass is 19.2. The van der Waals surface area contributed by atoms with Crippen molar-refractivity contribution in [2.24, 2.45) is 5.84 Å². The number of nitrogens with two attached hydrogens (primary N) is 1. The molecule has 1 unspecified atom stereocenters. The van der Waals surface area contributed by atoms with E-state index < -0.39 is 17.7 Å². The Morgan fingerprint density at radius 1 is 1.18 bits per heavy atom. The molecule has 0 saturated heterocycles. The van der Waals surface area contributed by atoms with Crippen molar-refractivity contribution in [1.82, 2.24) is 15.4 Å². The zero-order chi connectivity index (χ0) is 12.3. The first-order valence-electron chi connectivity index (χ1n) is 4.89. The number of nitrogens with one attached hydrogen (secondary N) is 1. The summed E-state index contributed by atoms with van der Waals surface area (Å²) in [6.07, 6.45) is 4.52. The van der Waals surface area contributed by atoms with Crippen molar-refractivity contribution < 1.29 is 8.78 Å². The van der Waals surface area contributed by atoms with E-state index in [-0.39, 0.29) is 0 Å². The summed E-state index contributed by atoms with van der Waals surface area (Å²) in [4.78, 5) is 7.95. The average molecular weight is 236 g/mol. The average Bonchev–Trinajstić information content (AvgIpc) is 2.36. The largest absolute Gasteiger partial charge is 0.271 e. The van der Waals surface area contributed by atoms with E-state index in [0.29, 0.717) is 11.3 Å². The summed E-state index contributed by atoms with van der Waals surface area (Å²) in [6, 6.07) is 3.04.